The molecule has 0 unspecified atom stereocenters. The van der Waals surface area contributed by atoms with E-state index in [4.69, 9.17) is 0 Å². The molecule has 0 saturated heterocycles. The Balaban J connectivity index is 1.80. The first-order valence-electron chi connectivity index (χ1n) is 6.36. The van der Waals surface area contributed by atoms with E-state index in [2.05, 4.69) is 9.97 Å². The molecule has 1 aromatic heterocycles. The first kappa shape index (κ1) is 13.1. The minimum absolute atomic E-state index is 0.132. The highest BCUT2D eigenvalue weighted by atomic mass is 19.4. The number of alkyl halides is 3. The van der Waals surface area contributed by atoms with Gasteiger partial charge in [-0.1, -0.05) is 12.1 Å². The summed E-state index contributed by atoms with van der Waals surface area (Å²) in [5.41, 5.74) is 0.232. The van der Waals surface area contributed by atoms with Crippen molar-refractivity contribution in [2.75, 3.05) is 0 Å². The van der Waals surface area contributed by atoms with E-state index >= 15 is 0 Å². The van der Waals surface area contributed by atoms with Crippen LogP contribution in [0.4, 0.5) is 13.2 Å². The molecule has 1 fully saturated rings. The summed E-state index contributed by atoms with van der Waals surface area (Å²) in [6.45, 7) is 0. The molecule has 3 rings (SSSR count). The number of aromatic nitrogens is 2. The van der Waals surface area contributed by atoms with E-state index < -0.39 is 11.7 Å². The number of benzene rings is 1. The molecule has 2 aromatic rings. The molecule has 0 amide bonds. The summed E-state index contributed by atoms with van der Waals surface area (Å²) >= 11 is 0. The van der Waals surface area contributed by atoms with Crippen molar-refractivity contribution < 1.29 is 13.2 Å². The molecule has 0 N–H and O–H groups in total. The van der Waals surface area contributed by atoms with E-state index in [9.17, 15) is 13.2 Å². The number of halogens is 3. The highest BCUT2D eigenvalue weighted by Crippen LogP contribution is 2.47. The molecule has 20 heavy (non-hydrogen) atoms. The zero-order chi connectivity index (χ0) is 14.2. The third kappa shape index (κ3) is 2.40. The lowest BCUT2D eigenvalue weighted by atomic mass is 9.69. The van der Waals surface area contributed by atoms with Crippen molar-refractivity contribution in [1.29, 1.82) is 0 Å². The maximum Gasteiger partial charge on any atom is 0.416 e. The van der Waals surface area contributed by atoms with Crippen LogP contribution in [0.3, 0.4) is 0 Å². The van der Waals surface area contributed by atoms with Crippen LogP contribution >= 0.6 is 0 Å². The molecular weight excluding hydrogens is 265 g/mol. The molecule has 1 atom stereocenters. The molecule has 0 aliphatic heterocycles. The van der Waals surface area contributed by atoms with Gasteiger partial charge in [-0.2, -0.15) is 13.2 Å². The van der Waals surface area contributed by atoms with Gasteiger partial charge in [0.05, 0.1) is 5.56 Å². The maximum absolute atomic E-state index is 12.5. The molecule has 0 spiro atoms. The van der Waals surface area contributed by atoms with Gasteiger partial charge in [0.1, 0.15) is 5.82 Å². The fourth-order valence-corrected chi connectivity index (χ4v) is 2.43. The van der Waals surface area contributed by atoms with Gasteiger partial charge in [0.2, 0.25) is 0 Å². The summed E-state index contributed by atoms with van der Waals surface area (Å²) in [5.74, 6) is 1.99. The predicted octanol–water partition coefficient (Wildman–Crippen LogP) is 4.00. The van der Waals surface area contributed by atoms with Gasteiger partial charge in [-0.05, 0) is 36.6 Å². The summed E-state index contributed by atoms with van der Waals surface area (Å²) < 4.78 is 37.6. The van der Waals surface area contributed by atoms with Crippen molar-refractivity contribution in [3.63, 3.8) is 0 Å². The SMILES string of the molecule is FC(F)(F)c1ccc([C]2CC[C@@H]2c2ncccn2)cc1. The number of hydrogen-bond donors (Lipinski definition) is 0. The van der Waals surface area contributed by atoms with Crippen LogP contribution in [0, 0.1) is 5.92 Å². The van der Waals surface area contributed by atoms with E-state index in [0.717, 1.165) is 42.3 Å². The van der Waals surface area contributed by atoms with Gasteiger partial charge in [-0.15, -0.1) is 0 Å². The first-order valence-corrected chi connectivity index (χ1v) is 6.36. The standard InChI is InChI=1S/C15H12F3N2/c16-15(17,18)11-4-2-10(3-5-11)12-6-7-13(12)14-19-8-1-9-20-14/h1-5,8-9,13H,6-7H2/t13-/m0/s1. The summed E-state index contributed by atoms with van der Waals surface area (Å²) in [6, 6.07) is 7.08. The van der Waals surface area contributed by atoms with Gasteiger partial charge in [0.25, 0.3) is 0 Å². The monoisotopic (exact) mass is 277 g/mol. The third-order valence-corrected chi connectivity index (χ3v) is 3.60. The van der Waals surface area contributed by atoms with E-state index in [1.54, 1.807) is 18.5 Å². The number of hydrogen-bond acceptors (Lipinski definition) is 2. The van der Waals surface area contributed by atoms with Crippen molar-refractivity contribution in [1.82, 2.24) is 9.97 Å². The molecule has 5 heteroatoms. The van der Waals surface area contributed by atoms with Crippen molar-refractivity contribution in [2.24, 2.45) is 0 Å². The van der Waals surface area contributed by atoms with Crippen LogP contribution in [0.5, 0.6) is 0 Å². The van der Waals surface area contributed by atoms with Crippen molar-refractivity contribution >= 4 is 0 Å². The van der Waals surface area contributed by atoms with E-state index in [-0.39, 0.29) is 5.92 Å². The van der Waals surface area contributed by atoms with E-state index in [1.807, 2.05) is 0 Å². The Morgan fingerprint density at radius 2 is 1.65 bits per heavy atom. The predicted molar refractivity (Wildman–Crippen MR) is 67.8 cm³/mol. The van der Waals surface area contributed by atoms with Crippen LogP contribution in [-0.4, -0.2) is 9.97 Å². The second-order valence-corrected chi connectivity index (χ2v) is 4.80. The second kappa shape index (κ2) is 4.89. The summed E-state index contributed by atoms with van der Waals surface area (Å²) in [5, 5.41) is 0. The minimum Gasteiger partial charge on any atom is -0.241 e. The van der Waals surface area contributed by atoms with Crippen LogP contribution in [0.15, 0.2) is 42.7 Å². The molecule has 1 heterocycles. The van der Waals surface area contributed by atoms with Gasteiger partial charge in [-0.3, -0.25) is 0 Å². The Labute approximate surface area is 114 Å². The normalized spacial score (nSPS) is 19.6. The molecule has 1 radical (unpaired) electrons. The van der Waals surface area contributed by atoms with E-state index in [1.165, 1.54) is 12.1 Å². The number of nitrogens with zero attached hydrogens (tertiary/aromatic N) is 2. The lowest BCUT2D eigenvalue weighted by Gasteiger charge is -2.35. The average molecular weight is 277 g/mol. The molecule has 1 aliphatic rings. The summed E-state index contributed by atoms with van der Waals surface area (Å²) in [6.07, 6.45) is 0.912. The summed E-state index contributed by atoms with van der Waals surface area (Å²) in [4.78, 5) is 8.44. The molecule has 1 aliphatic carbocycles. The van der Waals surface area contributed by atoms with Crippen molar-refractivity contribution in [3.05, 3.63) is 65.6 Å². The highest BCUT2D eigenvalue weighted by Gasteiger charge is 2.36. The quantitative estimate of drug-likeness (QED) is 0.829. The van der Waals surface area contributed by atoms with Crippen LogP contribution in [0.1, 0.15) is 35.7 Å². The molecule has 2 nitrogen and oxygen atoms in total. The zero-order valence-corrected chi connectivity index (χ0v) is 10.6. The van der Waals surface area contributed by atoms with E-state index in [0.29, 0.717) is 0 Å². The first-order chi connectivity index (χ1) is 9.55. The van der Waals surface area contributed by atoms with Crippen LogP contribution in [0.2, 0.25) is 0 Å². The van der Waals surface area contributed by atoms with Gasteiger partial charge in [-0.25, -0.2) is 9.97 Å². The van der Waals surface area contributed by atoms with Crippen molar-refractivity contribution in [3.8, 4) is 0 Å². The Hall–Kier alpha value is -1.91. The van der Waals surface area contributed by atoms with Crippen molar-refractivity contribution in [2.45, 2.75) is 24.9 Å². The molecular formula is C15H12F3N2. The Bertz CT molecular complexity index is 578. The van der Waals surface area contributed by atoms with Gasteiger partial charge < -0.3 is 0 Å². The Morgan fingerprint density at radius 3 is 2.15 bits per heavy atom. The van der Waals surface area contributed by atoms with Crippen LogP contribution in [0.25, 0.3) is 0 Å². The highest BCUT2D eigenvalue weighted by molar-refractivity contribution is 5.41. The van der Waals surface area contributed by atoms with Crippen LogP contribution in [-0.2, 0) is 6.18 Å². The lowest BCUT2D eigenvalue weighted by Crippen LogP contribution is -2.24. The fourth-order valence-electron chi connectivity index (χ4n) is 2.43. The molecule has 0 bridgehead atoms. The smallest absolute Gasteiger partial charge is 0.241 e. The number of rotatable bonds is 2. The third-order valence-electron chi connectivity index (χ3n) is 3.60. The Kier molecular flexibility index (Phi) is 3.20. The van der Waals surface area contributed by atoms with Gasteiger partial charge in [0, 0.05) is 24.2 Å². The second-order valence-electron chi connectivity index (χ2n) is 4.80. The van der Waals surface area contributed by atoms with Crippen LogP contribution < -0.4 is 0 Å². The van der Waals surface area contributed by atoms with Gasteiger partial charge >= 0.3 is 6.18 Å². The molecule has 103 valence electrons. The largest absolute Gasteiger partial charge is 0.416 e. The summed E-state index contributed by atoms with van der Waals surface area (Å²) in [7, 11) is 0. The maximum atomic E-state index is 12.5. The molecule has 1 saturated carbocycles. The topological polar surface area (TPSA) is 25.8 Å². The fraction of sp³-hybridized carbons (Fsp3) is 0.267. The minimum atomic E-state index is -4.29. The van der Waals surface area contributed by atoms with Gasteiger partial charge in [0.15, 0.2) is 0 Å². The molecule has 1 aromatic carbocycles. The Morgan fingerprint density at radius 1 is 1.00 bits per heavy atom. The average Bonchev–Trinajstić information content (AvgIpc) is 2.38. The zero-order valence-electron chi connectivity index (χ0n) is 10.6. The lowest BCUT2D eigenvalue weighted by molar-refractivity contribution is -0.137.